The fourth-order valence-electron chi connectivity index (χ4n) is 11.7. The Morgan fingerprint density at radius 1 is 0.364 bits per heavy atom. The number of benzene rings is 6. The summed E-state index contributed by atoms with van der Waals surface area (Å²) in [6.45, 7) is 2.51. The summed E-state index contributed by atoms with van der Waals surface area (Å²) in [5.74, 6) is 0. The average Bonchev–Trinajstić information content (AvgIpc) is 3.62. The normalized spacial score (nSPS) is 27.2. The molecular weight excluding hydrogens is 732 g/mol. The summed E-state index contributed by atoms with van der Waals surface area (Å²) in [4.78, 5) is 0. The van der Waals surface area contributed by atoms with Crippen LogP contribution in [0, 0.1) is 5.41 Å². The second kappa shape index (κ2) is 12.6. The number of furan rings is 1. The molecule has 6 aliphatic rings. The monoisotopic (exact) mass is 780 g/mol. The van der Waals surface area contributed by atoms with Crippen molar-refractivity contribution < 1.29 is 4.42 Å². The lowest BCUT2D eigenvalue weighted by atomic mass is 9.50. The lowest BCUT2D eigenvalue weighted by Gasteiger charge is -2.54. The predicted molar refractivity (Wildman–Crippen MR) is 233 cm³/mol. The van der Waals surface area contributed by atoms with Crippen molar-refractivity contribution in [2.75, 3.05) is 0 Å². The SMILES string of the molecule is CC12CCC(c3ccc(-c4ccc(-c5ccc(C67CCC(c8ccc(-c9ccc%10c(c9)oc9cc(Br)ccc9%10)cc8)(CC6)CC7)cc5)cc4)cc3)(CC1)CC2. The first-order chi connectivity index (χ1) is 26.8. The van der Waals surface area contributed by atoms with Crippen LogP contribution < -0.4 is 0 Å². The molecule has 1 nitrogen and oxygen atoms in total. The minimum Gasteiger partial charge on any atom is -0.456 e. The van der Waals surface area contributed by atoms with Gasteiger partial charge in [0, 0.05) is 15.2 Å². The first-order valence-electron chi connectivity index (χ1n) is 20.9. The molecule has 1 aromatic heterocycles. The van der Waals surface area contributed by atoms with E-state index in [0.717, 1.165) is 21.0 Å². The summed E-state index contributed by atoms with van der Waals surface area (Å²) < 4.78 is 7.28. The molecule has 4 bridgehead atoms. The van der Waals surface area contributed by atoms with Crippen LogP contribution in [-0.4, -0.2) is 0 Å². The van der Waals surface area contributed by atoms with Gasteiger partial charge in [-0.15, -0.1) is 0 Å². The summed E-state index contributed by atoms with van der Waals surface area (Å²) in [5, 5.41) is 2.34. The highest BCUT2D eigenvalue weighted by Gasteiger charge is 2.50. The molecule has 0 atom stereocenters. The van der Waals surface area contributed by atoms with Gasteiger partial charge in [0.05, 0.1) is 0 Å². The van der Waals surface area contributed by atoms with E-state index >= 15 is 0 Å². The van der Waals surface area contributed by atoms with Crippen molar-refractivity contribution in [3.63, 3.8) is 0 Å². The summed E-state index contributed by atoms with van der Waals surface area (Å²) in [7, 11) is 0. The van der Waals surface area contributed by atoms with Crippen molar-refractivity contribution in [1.29, 1.82) is 0 Å². The van der Waals surface area contributed by atoms with E-state index in [1.54, 1.807) is 11.1 Å². The highest BCUT2D eigenvalue weighted by molar-refractivity contribution is 9.10. The molecule has 6 saturated carbocycles. The smallest absolute Gasteiger partial charge is 0.136 e. The zero-order valence-electron chi connectivity index (χ0n) is 32.0. The second-order valence-electron chi connectivity index (χ2n) is 18.4. The Morgan fingerprint density at radius 3 is 1.09 bits per heavy atom. The van der Waals surface area contributed by atoms with Crippen LogP contribution in [0.15, 0.2) is 142 Å². The van der Waals surface area contributed by atoms with Gasteiger partial charge in [-0.25, -0.2) is 0 Å². The van der Waals surface area contributed by atoms with Gasteiger partial charge >= 0.3 is 0 Å². The molecule has 55 heavy (non-hydrogen) atoms. The third-order valence-electron chi connectivity index (χ3n) is 15.7. The fraction of sp³-hybridized carbons (Fsp3) is 0.321. The van der Waals surface area contributed by atoms with E-state index in [1.165, 1.54) is 121 Å². The number of hydrogen-bond donors (Lipinski definition) is 0. The first kappa shape index (κ1) is 33.9. The lowest BCUT2D eigenvalue weighted by Crippen LogP contribution is -2.46. The van der Waals surface area contributed by atoms with E-state index in [1.807, 2.05) is 0 Å². The zero-order chi connectivity index (χ0) is 36.8. The van der Waals surface area contributed by atoms with Gasteiger partial charge in [0.2, 0.25) is 0 Å². The Bertz CT molecular complexity index is 2500. The van der Waals surface area contributed by atoms with Crippen molar-refractivity contribution in [3.05, 3.63) is 155 Å². The second-order valence-corrected chi connectivity index (χ2v) is 19.3. The molecule has 0 aliphatic heterocycles. The van der Waals surface area contributed by atoms with Crippen LogP contribution >= 0.6 is 15.9 Å². The van der Waals surface area contributed by atoms with Crippen LogP contribution in [0.4, 0.5) is 0 Å². The standard InChI is InChI=1S/C53H49BrO/c1-50-22-25-51(26-23-50,27-24-50)42-13-6-38(7-14-42)36-2-4-37(5-3-36)39-8-15-43(16-9-39)52-28-31-53(32-29-52,33-30-52)44-17-10-40(11-18-44)41-12-20-46-47-21-19-45(54)35-49(47)55-48(46)34-41/h2-21,34-35H,22-33H2,1H3. The van der Waals surface area contributed by atoms with Crippen LogP contribution in [0.1, 0.15) is 101 Å². The minimum absolute atomic E-state index is 0.311. The van der Waals surface area contributed by atoms with Gasteiger partial charge in [-0.1, -0.05) is 126 Å². The highest BCUT2D eigenvalue weighted by Crippen LogP contribution is 2.59. The molecule has 0 saturated heterocycles. The highest BCUT2D eigenvalue weighted by atomic mass is 79.9. The van der Waals surface area contributed by atoms with Crippen molar-refractivity contribution in [2.45, 2.75) is 100 Å². The molecule has 6 aromatic carbocycles. The van der Waals surface area contributed by atoms with E-state index in [-0.39, 0.29) is 0 Å². The molecule has 6 aliphatic carbocycles. The quantitative estimate of drug-likeness (QED) is 0.164. The Balaban J connectivity index is 0.752. The molecule has 0 radical (unpaired) electrons. The molecule has 13 rings (SSSR count). The Morgan fingerprint density at radius 2 is 0.673 bits per heavy atom. The average molecular weight is 782 g/mol. The summed E-state index contributed by atoms with van der Waals surface area (Å²) in [6, 6.07) is 51.0. The molecule has 0 unspecified atom stereocenters. The lowest BCUT2D eigenvalue weighted by molar-refractivity contribution is 0.0556. The van der Waals surface area contributed by atoms with Gasteiger partial charge in [-0.05, 0) is 179 Å². The van der Waals surface area contributed by atoms with Crippen molar-refractivity contribution in [3.8, 4) is 33.4 Å². The molecule has 1 heterocycles. The molecular formula is C53H49BrO. The first-order valence-corrected chi connectivity index (χ1v) is 21.6. The van der Waals surface area contributed by atoms with Gasteiger partial charge in [0.1, 0.15) is 11.2 Å². The van der Waals surface area contributed by atoms with E-state index in [2.05, 4.69) is 156 Å². The van der Waals surface area contributed by atoms with Crippen LogP contribution in [0.2, 0.25) is 0 Å². The summed E-state index contributed by atoms with van der Waals surface area (Å²) in [5.41, 5.74) is 15.9. The van der Waals surface area contributed by atoms with E-state index in [4.69, 9.17) is 4.42 Å². The summed E-state index contributed by atoms with van der Waals surface area (Å²) in [6.07, 6.45) is 16.0. The van der Waals surface area contributed by atoms with Crippen LogP contribution in [-0.2, 0) is 16.2 Å². The number of halogens is 1. The third-order valence-corrected chi connectivity index (χ3v) is 16.2. The zero-order valence-corrected chi connectivity index (χ0v) is 33.6. The van der Waals surface area contributed by atoms with Gasteiger partial charge in [0.15, 0.2) is 0 Å². The Kier molecular flexibility index (Phi) is 7.74. The van der Waals surface area contributed by atoms with Gasteiger partial charge in [-0.3, -0.25) is 0 Å². The van der Waals surface area contributed by atoms with E-state index in [9.17, 15) is 0 Å². The van der Waals surface area contributed by atoms with Crippen molar-refractivity contribution >= 4 is 37.9 Å². The molecule has 6 fully saturated rings. The minimum atomic E-state index is 0.311. The molecule has 0 spiro atoms. The maximum absolute atomic E-state index is 6.24. The maximum atomic E-state index is 6.24. The summed E-state index contributed by atoms with van der Waals surface area (Å²) >= 11 is 3.58. The van der Waals surface area contributed by atoms with Gasteiger partial charge in [0.25, 0.3) is 0 Å². The van der Waals surface area contributed by atoms with Gasteiger partial charge < -0.3 is 4.42 Å². The number of fused-ring (bicyclic) bond motifs is 9. The van der Waals surface area contributed by atoms with E-state index < -0.39 is 0 Å². The maximum Gasteiger partial charge on any atom is 0.136 e. The van der Waals surface area contributed by atoms with Crippen LogP contribution in [0.3, 0.4) is 0 Å². The third kappa shape index (κ3) is 5.60. The van der Waals surface area contributed by atoms with Gasteiger partial charge in [-0.2, -0.15) is 0 Å². The topological polar surface area (TPSA) is 13.1 Å². The molecule has 2 heteroatoms. The molecule has 274 valence electrons. The Hall–Kier alpha value is -4.40. The number of hydrogen-bond acceptors (Lipinski definition) is 1. The van der Waals surface area contributed by atoms with Crippen molar-refractivity contribution in [1.82, 2.24) is 0 Å². The predicted octanol–water partition coefficient (Wildman–Crippen LogP) is 15.5. The van der Waals surface area contributed by atoms with E-state index in [0.29, 0.717) is 21.7 Å². The van der Waals surface area contributed by atoms with Crippen LogP contribution in [0.5, 0.6) is 0 Å². The molecule has 0 amide bonds. The molecule has 0 N–H and O–H groups in total. The Labute approximate surface area is 334 Å². The fourth-order valence-corrected chi connectivity index (χ4v) is 12.0. The largest absolute Gasteiger partial charge is 0.456 e. The van der Waals surface area contributed by atoms with Crippen LogP contribution in [0.25, 0.3) is 55.3 Å². The molecule has 7 aromatic rings. The number of rotatable bonds is 6. The van der Waals surface area contributed by atoms with Crippen molar-refractivity contribution in [2.24, 2.45) is 5.41 Å².